The van der Waals surface area contributed by atoms with Crippen molar-refractivity contribution in [3.63, 3.8) is 0 Å². The van der Waals surface area contributed by atoms with Gasteiger partial charge >= 0.3 is 0 Å². The van der Waals surface area contributed by atoms with E-state index in [-0.39, 0.29) is 24.2 Å². The molecule has 23 heavy (non-hydrogen) atoms. The Hall–Kier alpha value is -2.16. The lowest BCUT2D eigenvalue weighted by atomic mass is 10.00. The lowest BCUT2D eigenvalue weighted by Crippen LogP contribution is -2.28. The van der Waals surface area contributed by atoms with Crippen molar-refractivity contribution in [3.05, 3.63) is 71.0 Å². The molecule has 0 saturated heterocycles. The first kappa shape index (κ1) is 17.2. The topological polar surface area (TPSA) is 29.1 Å². The van der Waals surface area contributed by atoms with Crippen molar-refractivity contribution in [3.8, 4) is 0 Å². The van der Waals surface area contributed by atoms with Crippen LogP contribution in [0.4, 0.5) is 4.39 Å². The number of hydrogen-bond acceptors (Lipinski definition) is 1. The summed E-state index contributed by atoms with van der Waals surface area (Å²) in [5.74, 6) is 0.112. The van der Waals surface area contributed by atoms with E-state index in [2.05, 4.69) is 31.3 Å². The first-order valence-corrected chi connectivity index (χ1v) is 8.07. The Bertz CT molecular complexity index is 649. The number of rotatable bonds is 6. The number of hydrogen-bond donors (Lipinski definition) is 1. The maximum Gasteiger partial charge on any atom is 0.225 e. The van der Waals surface area contributed by atoms with Gasteiger partial charge in [-0.1, -0.05) is 56.3 Å². The van der Waals surface area contributed by atoms with Crippen molar-refractivity contribution < 1.29 is 9.18 Å². The van der Waals surface area contributed by atoms with Gasteiger partial charge in [0.05, 0.1) is 12.5 Å². The highest BCUT2D eigenvalue weighted by molar-refractivity contribution is 5.79. The molecule has 0 aliphatic heterocycles. The van der Waals surface area contributed by atoms with E-state index < -0.39 is 0 Å². The van der Waals surface area contributed by atoms with Gasteiger partial charge in [0, 0.05) is 0 Å². The van der Waals surface area contributed by atoms with Crippen molar-refractivity contribution in [2.45, 2.75) is 39.7 Å². The van der Waals surface area contributed by atoms with Gasteiger partial charge in [0.15, 0.2) is 0 Å². The van der Waals surface area contributed by atoms with Gasteiger partial charge in [-0.05, 0) is 42.0 Å². The number of amides is 1. The Balaban J connectivity index is 1.94. The van der Waals surface area contributed by atoms with Crippen molar-refractivity contribution in [2.75, 3.05) is 0 Å². The fraction of sp³-hybridized carbons (Fsp3) is 0.350. The maximum absolute atomic E-state index is 13.6. The molecule has 2 rings (SSSR count). The zero-order valence-electron chi connectivity index (χ0n) is 14.0. The van der Waals surface area contributed by atoms with Gasteiger partial charge in [0.2, 0.25) is 5.91 Å². The Morgan fingerprint density at radius 1 is 1.04 bits per heavy atom. The lowest BCUT2D eigenvalue weighted by Gasteiger charge is -2.15. The van der Waals surface area contributed by atoms with Gasteiger partial charge in [-0.2, -0.15) is 0 Å². The number of carbonyl (C=O) groups is 1. The first-order chi connectivity index (χ1) is 11.0. The van der Waals surface area contributed by atoms with E-state index in [4.69, 9.17) is 0 Å². The molecule has 1 atom stereocenters. The van der Waals surface area contributed by atoms with Crippen molar-refractivity contribution in [1.29, 1.82) is 0 Å². The van der Waals surface area contributed by atoms with Crippen LogP contribution in [-0.2, 0) is 17.6 Å². The number of carbonyl (C=O) groups excluding carboxylic acids is 1. The van der Waals surface area contributed by atoms with Gasteiger partial charge in [0.25, 0.3) is 0 Å². The van der Waals surface area contributed by atoms with Crippen molar-refractivity contribution in [2.24, 2.45) is 5.92 Å². The van der Waals surface area contributed by atoms with Gasteiger partial charge in [-0.3, -0.25) is 4.79 Å². The summed E-state index contributed by atoms with van der Waals surface area (Å²) in [6.07, 6.45) is 1.11. The van der Waals surface area contributed by atoms with E-state index >= 15 is 0 Å². The summed E-state index contributed by atoms with van der Waals surface area (Å²) in [7, 11) is 0. The molecule has 0 spiro atoms. The predicted octanol–water partition coefficient (Wildman–Crippen LogP) is 4.44. The van der Waals surface area contributed by atoms with E-state index in [1.54, 1.807) is 18.2 Å². The molecule has 122 valence electrons. The third kappa shape index (κ3) is 5.20. The van der Waals surface area contributed by atoms with Crippen LogP contribution in [0.15, 0.2) is 48.5 Å². The minimum atomic E-state index is -0.339. The summed E-state index contributed by atoms with van der Waals surface area (Å²) < 4.78 is 13.6. The number of halogens is 1. The van der Waals surface area contributed by atoms with Gasteiger partial charge in [0.1, 0.15) is 5.82 Å². The third-order valence-electron chi connectivity index (χ3n) is 3.81. The van der Waals surface area contributed by atoms with Crippen LogP contribution in [-0.4, -0.2) is 5.91 Å². The Labute approximate surface area is 137 Å². The maximum atomic E-state index is 13.6. The molecule has 0 aromatic heterocycles. The van der Waals surface area contributed by atoms with E-state index in [0.29, 0.717) is 11.5 Å². The molecule has 0 bridgehead atoms. The molecule has 0 fully saturated rings. The van der Waals surface area contributed by atoms with Crippen LogP contribution in [0.25, 0.3) is 0 Å². The zero-order chi connectivity index (χ0) is 16.8. The molecular weight excluding hydrogens is 289 g/mol. The summed E-state index contributed by atoms with van der Waals surface area (Å²) >= 11 is 0. The molecule has 0 heterocycles. The molecule has 2 aromatic rings. The molecule has 0 aliphatic carbocycles. The fourth-order valence-corrected chi connectivity index (χ4v) is 2.60. The van der Waals surface area contributed by atoms with Crippen LogP contribution in [0.2, 0.25) is 0 Å². The van der Waals surface area contributed by atoms with Crippen molar-refractivity contribution in [1.82, 2.24) is 5.32 Å². The van der Waals surface area contributed by atoms with Crippen LogP contribution >= 0.6 is 0 Å². The quantitative estimate of drug-likeness (QED) is 0.839. The predicted molar refractivity (Wildman–Crippen MR) is 91.6 cm³/mol. The molecular formula is C20H24FNO. The molecule has 1 N–H and O–H groups in total. The van der Waals surface area contributed by atoms with Crippen LogP contribution in [0, 0.1) is 11.7 Å². The highest BCUT2D eigenvalue weighted by Gasteiger charge is 2.12. The molecule has 0 radical (unpaired) electrons. The van der Waals surface area contributed by atoms with Crippen LogP contribution in [0.3, 0.4) is 0 Å². The fourth-order valence-electron chi connectivity index (χ4n) is 2.60. The molecule has 3 heteroatoms. The summed E-state index contributed by atoms with van der Waals surface area (Å²) in [5.41, 5.74) is 2.78. The first-order valence-electron chi connectivity index (χ1n) is 8.07. The summed E-state index contributed by atoms with van der Waals surface area (Å²) in [4.78, 5) is 12.1. The Morgan fingerprint density at radius 3 is 2.30 bits per heavy atom. The standard InChI is InChI=1S/C20H24FNO/c1-14(2)12-16-8-10-17(11-9-16)15(3)22-20(23)13-18-6-4-5-7-19(18)21/h4-11,14-15H,12-13H2,1-3H3,(H,22,23)/t15-/m0/s1. The van der Waals surface area contributed by atoms with E-state index in [1.807, 2.05) is 19.1 Å². The highest BCUT2D eigenvalue weighted by Crippen LogP contribution is 2.16. The van der Waals surface area contributed by atoms with E-state index in [0.717, 1.165) is 12.0 Å². The summed E-state index contributed by atoms with van der Waals surface area (Å²) in [5, 5.41) is 2.93. The zero-order valence-corrected chi connectivity index (χ0v) is 14.0. The molecule has 1 amide bonds. The highest BCUT2D eigenvalue weighted by atomic mass is 19.1. The van der Waals surface area contributed by atoms with Crippen LogP contribution < -0.4 is 5.32 Å². The smallest absolute Gasteiger partial charge is 0.225 e. The second-order valence-electron chi connectivity index (χ2n) is 6.40. The largest absolute Gasteiger partial charge is 0.349 e. The normalized spacial score (nSPS) is 12.2. The van der Waals surface area contributed by atoms with E-state index in [9.17, 15) is 9.18 Å². The van der Waals surface area contributed by atoms with E-state index in [1.165, 1.54) is 11.6 Å². The Morgan fingerprint density at radius 2 is 1.70 bits per heavy atom. The molecule has 0 unspecified atom stereocenters. The molecule has 0 aliphatic rings. The van der Waals surface area contributed by atoms with Crippen molar-refractivity contribution >= 4 is 5.91 Å². The molecule has 2 aromatic carbocycles. The van der Waals surface area contributed by atoms with Crippen LogP contribution in [0.5, 0.6) is 0 Å². The summed E-state index contributed by atoms with van der Waals surface area (Å²) in [6.45, 7) is 6.33. The van der Waals surface area contributed by atoms with Gasteiger partial charge in [-0.15, -0.1) is 0 Å². The Kier molecular flexibility index (Phi) is 5.91. The van der Waals surface area contributed by atoms with Gasteiger partial charge < -0.3 is 5.32 Å². The average Bonchev–Trinajstić information content (AvgIpc) is 2.49. The number of benzene rings is 2. The lowest BCUT2D eigenvalue weighted by molar-refractivity contribution is -0.121. The third-order valence-corrected chi connectivity index (χ3v) is 3.81. The molecule has 2 nitrogen and oxygen atoms in total. The second-order valence-corrected chi connectivity index (χ2v) is 6.40. The second kappa shape index (κ2) is 7.91. The number of nitrogens with one attached hydrogen (secondary N) is 1. The molecule has 0 saturated carbocycles. The summed E-state index contributed by atoms with van der Waals surface area (Å²) in [6, 6.07) is 14.6. The van der Waals surface area contributed by atoms with Crippen LogP contribution in [0.1, 0.15) is 43.5 Å². The average molecular weight is 313 g/mol. The van der Waals surface area contributed by atoms with Gasteiger partial charge in [-0.25, -0.2) is 4.39 Å². The SMILES string of the molecule is CC(C)Cc1ccc([C@H](C)NC(=O)Cc2ccccc2F)cc1. The minimum Gasteiger partial charge on any atom is -0.349 e. The minimum absolute atomic E-state index is 0.0580. The monoisotopic (exact) mass is 313 g/mol.